The lowest BCUT2D eigenvalue weighted by molar-refractivity contribution is -0.153. The van der Waals surface area contributed by atoms with E-state index in [2.05, 4.69) is 5.32 Å². The minimum Gasteiger partial charge on any atom is -0.393 e. The van der Waals surface area contributed by atoms with Gasteiger partial charge < -0.3 is 39.8 Å². The van der Waals surface area contributed by atoms with Gasteiger partial charge in [-0.2, -0.15) is 0 Å². The van der Waals surface area contributed by atoms with E-state index < -0.39 is 126 Å². The Morgan fingerprint density at radius 1 is 0.582 bits per heavy atom. The molecule has 2 heterocycles. The topological polar surface area (TPSA) is 239 Å². The molecule has 2 aliphatic heterocycles. The molecule has 0 radical (unpaired) electrons. The zero-order chi connectivity index (χ0) is 68.1. The van der Waals surface area contributed by atoms with Crippen molar-refractivity contribution < 1.29 is 57.8 Å². The number of fused-ring (bicyclic) bond motifs is 2. The number of piperidine rings is 1. The van der Waals surface area contributed by atoms with Crippen LogP contribution in [0.2, 0.25) is 0 Å². The van der Waals surface area contributed by atoms with Crippen LogP contribution in [0.5, 0.6) is 0 Å². The summed E-state index contributed by atoms with van der Waals surface area (Å²) in [5, 5.41) is 14.1. The lowest BCUT2D eigenvalue weighted by Gasteiger charge is -2.38. The summed E-state index contributed by atoms with van der Waals surface area (Å²) in [5.41, 5.74) is 2.42. The van der Waals surface area contributed by atoms with Crippen LogP contribution in [0.1, 0.15) is 170 Å². The molecule has 7 amide bonds. The van der Waals surface area contributed by atoms with Gasteiger partial charge >= 0.3 is 0 Å². The predicted molar refractivity (Wildman–Crippen MR) is 353 cm³/mol. The highest BCUT2D eigenvalue weighted by Gasteiger charge is 2.42. The summed E-state index contributed by atoms with van der Waals surface area (Å²) < 4.78 is 0. The fraction of sp³-hybridized carbons (Fsp3) is 0.653. The first-order chi connectivity index (χ1) is 42.7. The Labute approximate surface area is 542 Å². The maximum atomic E-state index is 14.9. The number of likely N-dealkylation sites (N-methyl/N-ethyl adjacent to an activating group) is 5. The van der Waals surface area contributed by atoms with Gasteiger partial charge in [-0.05, 0) is 106 Å². The second kappa shape index (κ2) is 36.4. The molecule has 2 N–H and O–H groups in total. The van der Waals surface area contributed by atoms with Gasteiger partial charge in [0.05, 0.1) is 30.7 Å². The second-order valence-electron chi connectivity index (χ2n) is 27.8. The van der Waals surface area contributed by atoms with Crippen LogP contribution in [0.4, 0.5) is 0 Å². The largest absolute Gasteiger partial charge is 0.393 e. The molecule has 0 aliphatic carbocycles. The molecule has 10 atom stereocenters. The number of hydrogen-bond acceptors (Lipinski definition) is 12. The molecule has 0 spiro atoms. The zero-order valence-corrected chi connectivity index (χ0v) is 57.6. The van der Waals surface area contributed by atoms with Crippen molar-refractivity contribution in [2.24, 2.45) is 47.3 Å². The summed E-state index contributed by atoms with van der Waals surface area (Å²) in [7, 11) is 7.36. The van der Waals surface area contributed by atoms with E-state index in [1.807, 2.05) is 108 Å². The summed E-state index contributed by atoms with van der Waals surface area (Å²) in [5.74, 6) is -9.46. The number of aliphatic hydroxyl groups excluding tert-OH is 1. The Balaban J connectivity index is 1.79. The maximum absolute atomic E-state index is 14.9. The van der Waals surface area contributed by atoms with Crippen molar-refractivity contribution in [1.82, 2.24) is 34.7 Å². The van der Waals surface area contributed by atoms with Crippen molar-refractivity contribution in [2.75, 3.05) is 54.9 Å². The molecule has 504 valence electrons. The molecule has 1 fully saturated rings. The van der Waals surface area contributed by atoms with Gasteiger partial charge in [-0.3, -0.25) is 52.7 Å². The molecular weight excluding hydrogens is 1150 g/mol. The van der Waals surface area contributed by atoms with E-state index >= 15 is 0 Å². The van der Waals surface area contributed by atoms with Crippen molar-refractivity contribution in [1.29, 1.82) is 0 Å². The lowest BCUT2D eigenvalue weighted by atomic mass is 9.86. The molecule has 91 heavy (non-hydrogen) atoms. The monoisotopic (exact) mass is 1260 g/mol. The van der Waals surface area contributed by atoms with Crippen LogP contribution in [0.25, 0.3) is 6.08 Å². The van der Waals surface area contributed by atoms with Crippen LogP contribution < -0.4 is 5.32 Å². The number of aliphatic hydroxyl groups is 1. The van der Waals surface area contributed by atoms with Gasteiger partial charge in [-0.15, -0.1) is 0 Å². The van der Waals surface area contributed by atoms with Crippen LogP contribution in [0.15, 0.2) is 60.7 Å². The Morgan fingerprint density at radius 3 is 1.78 bits per heavy atom. The highest BCUT2D eigenvalue weighted by molar-refractivity contribution is 5.98. The van der Waals surface area contributed by atoms with Gasteiger partial charge in [0.25, 0.3) is 0 Å². The number of allylic oxidation sites excluding steroid dienone is 1. The predicted octanol–water partition coefficient (Wildman–Crippen LogP) is 8.06. The van der Waals surface area contributed by atoms with Crippen molar-refractivity contribution in [3.05, 3.63) is 77.4 Å². The van der Waals surface area contributed by atoms with Crippen LogP contribution in [-0.4, -0.2) is 190 Å². The van der Waals surface area contributed by atoms with Crippen LogP contribution in [0.3, 0.4) is 0 Å². The molecular formula is C72H109N7O12. The number of amides is 7. The molecule has 2 aromatic carbocycles. The summed E-state index contributed by atoms with van der Waals surface area (Å²) >= 11 is 0. The second-order valence-corrected chi connectivity index (χ2v) is 27.8. The smallest absolute Gasteiger partial charge is 0.245 e. The normalized spacial score (nSPS) is 26.0. The van der Waals surface area contributed by atoms with E-state index in [1.54, 1.807) is 32.7 Å². The van der Waals surface area contributed by atoms with E-state index in [4.69, 9.17) is 0 Å². The summed E-state index contributed by atoms with van der Waals surface area (Å²) in [6.07, 6.45) is 5.66. The summed E-state index contributed by atoms with van der Waals surface area (Å²) in [6.45, 7) is 20.2. The van der Waals surface area contributed by atoms with Crippen LogP contribution >= 0.6 is 0 Å². The first kappa shape index (κ1) is 76.6. The van der Waals surface area contributed by atoms with Crippen molar-refractivity contribution in [3.63, 3.8) is 0 Å². The van der Waals surface area contributed by atoms with E-state index in [1.165, 1.54) is 61.6 Å². The number of Topliss-reactive ketones (excluding diaryl/α,β-unsaturated/α-hetero) is 4. The molecule has 0 saturated carbocycles. The number of likely N-dealkylation sites (tertiary alicyclic amines) is 1. The standard InChI is InChI=1S/C72H109N7O12/c1-45(2)34-55-42-64(84)61(35-46(3)4)76(14)67(86)49(9)37-63(83)50(10)75(13)69(88)59(51(11)80)43-58(82)44-74(12)72(91)65(48(7)8)78(16)71(90)62(36-47(5)6)77(15)68(87)56(39-53-26-19-17-20-27-53)41-57(81)31-22-21-28-52-29-25-30-54(38-52)40-60(73-66(55)85)70(89)79-32-23-18-24-33-79/h17,19-21,25-30,38,45-51,55-56,59-62,65,80H,18,22-24,31-37,39-44H2,1-16H3,(H,73,85)/b28-21+/t49-,50+,51-,55-,56-,59+,60+,61+,62+,65+/m1/s1. The van der Waals surface area contributed by atoms with Crippen LogP contribution in [-0.2, 0) is 65.6 Å². The van der Waals surface area contributed by atoms with Crippen molar-refractivity contribution >= 4 is 70.6 Å². The van der Waals surface area contributed by atoms with E-state index in [0.29, 0.717) is 25.9 Å². The lowest BCUT2D eigenvalue weighted by Crippen LogP contribution is -2.57. The Kier molecular flexibility index (Phi) is 30.6. The van der Waals surface area contributed by atoms with Crippen LogP contribution in [0, 0.1) is 47.3 Å². The SMILES string of the molecule is CC(C)C[C@@H]1CC(=O)[C@H](CC(C)C)N(C)C(=O)[C@H](C)CC(=O)[C@H](C)N(C)C(=O)[C@H]([C@@H](C)O)CC(=O)CN(C)C(=O)[C@H](C(C)C)N(C)C(=O)[C@H](CC(C)C)N(C)C(=O)[C@H](Cc2ccccc2)CC(=O)CC/C=C/c2cccc(c2)C[C@@H](C(=O)N2CCCCC2)NC1=O. The fourth-order valence-electron chi connectivity index (χ4n) is 12.7. The van der Waals surface area contributed by atoms with Gasteiger partial charge in [0.1, 0.15) is 23.9 Å². The molecule has 19 heteroatoms. The van der Waals surface area contributed by atoms with Gasteiger partial charge in [0.15, 0.2) is 17.3 Å². The quantitative estimate of drug-likeness (QED) is 0.217. The third-order valence-electron chi connectivity index (χ3n) is 18.1. The number of rotatable bonds is 11. The maximum Gasteiger partial charge on any atom is 0.245 e. The molecule has 4 rings (SSSR count). The number of carbonyl (C=O) groups excluding carboxylic acids is 11. The molecule has 0 unspecified atom stereocenters. The van der Waals surface area contributed by atoms with Gasteiger partial charge in [0, 0.05) is 105 Å². The molecule has 2 aromatic rings. The van der Waals surface area contributed by atoms with Gasteiger partial charge in [-0.1, -0.05) is 129 Å². The number of nitrogens with one attached hydrogen (secondary N) is 1. The first-order valence-electron chi connectivity index (χ1n) is 33.2. The van der Waals surface area contributed by atoms with E-state index in [-0.39, 0.29) is 86.6 Å². The van der Waals surface area contributed by atoms with Gasteiger partial charge in [-0.25, -0.2) is 0 Å². The van der Waals surface area contributed by atoms with Crippen molar-refractivity contribution in [3.8, 4) is 0 Å². The fourth-order valence-corrected chi connectivity index (χ4v) is 12.7. The number of ketones is 4. The van der Waals surface area contributed by atoms with E-state index in [0.717, 1.165) is 40.9 Å². The minimum absolute atomic E-state index is 0.0215. The van der Waals surface area contributed by atoms with Crippen molar-refractivity contribution in [2.45, 2.75) is 202 Å². The average molecular weight is 1260 g/mol. The Bertz CT molecular complexity index is 2840. The summed E-state index contributed by atoms with van der Waals surface area (Å²) in [4.78, 5) is 167. The highest BCUT2D eigenvalue weighted by Crippen LogP contribution is 2.28. The molecule has 19 nitrogen and oxygen atoms in total. The number of carbonyl (C=O) groups is 11. The van der Waals surface area contributed by atoms with E-state index in [9.17, 15) is 57.8 Å². The first-order valence-corrected chi connectivity index (χ1v) is 33.2. The summed E-state index contributed by atoms with van der Waals surface area (Å²) in [6, 6.07) is 11.8. The molecule has 2 aliphatic rings. The Morgan fingerprint density at radius 2 is 1.19 bits per heavy atom. The molecule has 2 bridgehead atoms. The number of nitrogens with zero attached hydrogens (tertiary/aromatic N) is 6. The minimum atomic E-state index is -1.36. The molecule has 0 aromatic heterocycles. The number of benzene rings is 2. The highest BCUT2D eigenvalue weighted by atomic mass is 16.3. The average Bonchev–Trinajstić information content (AvgIpc) is 0.931. The van der Waals surface area contributed by atoms with Gasteiger partial charge in [0.2, 0.25) is 41.4 Å². The third kappa shape index (κ3) is 23.0. The molecule has 1 saturated heterocycles. The Hall–Kier alpha value is -6.89. The zero-order valence-electron chi connectivity index (χ0n) is 57.6. The third-order valence-corrected chi connectivity index (χ3v) is 18.1. The number of hydrogen-bond donors (Lipinski definition) is 2.